The van der Waals surface area contributed by atoms with Crippen LogP contribution in [0.15, 0.2) is 34.9 Å². The van der Waals surface area contributed by atoms with Crippen LogP contribution in [0.4, 0.5) is 0 Å². The summed E-state index contributed by atoms with van der Waals surface area (Å²) < 4.78 is 1.02. The van der Waals surface area contributed by atoms with Crippen LogP contribution >= 0.6 is 27.3 Å². The van der Waals surface area contributed by atoms with Crippen LogP contribution in [0.25, 0.3) is 0 Å². The first kappa shape index (κ1) is 13.7. The maximum atomic E-state index is 4.35. The molecule has 0 aliphatic rings. The first-order chi connectivity index (χ1) is 8.63. The van der Waals surface area contributed by atoms with Crippen molar-refractivity contribution < 1.29 is 0 Å². The van der Waals surface area contributed by atoms with Crippen molar-refractivity contribution in [2.24, 2.45) is 0 Å². The molecule has 0 radical (unpaired) electrons. The molecule has 0 aliphatic heterocycles. The van der Waals surface area contributed by atoms with E-state index in [1.807, 2.05) is 29.7 Å². The highest BCUT2D eigenvalue weighted by Gasteiger charge is 2.05. The molecule has 96 valence electrons. The van der Waals surface area contributed by atoms with E-state index >= 15 is 0 Å². The zero-order chi connectivity index (χ0) is 13.0. The molecule has 2 aromatic heterocycles. The third kappa shape index (κ3) is 4.19. The first-order valence-corrected chi connectivity index (χ1v) is 7.63. The summed E-state index contributed by atoms with van der Waals surface area (Å²) >= 11 is 5.27. The van der Waals surface area contributed by atoms with Crippen molar-refractivity contribution in [1.82, 2.24) is 10.3 Å². The number of nitrogens with one attached hydrogen (secondary N) is 1. The second-order valence-electron chi connectivity index (χ2n) is 4.47. The zero-order valence-electron chi connectivity index (χ0n) is 10.6. The molecule has 1 unspecified atom stereocenters. The monoisotopic (exact) mass is 324 g/mol. The van der Waals surface area contributed by atoms with Crippen molar-refractivity contribution in [3.05, 3.63) is 50.4 Å². The van der Waals surface area contributed by atoms with E-state index in [0.717, 1.165) is 23.1 Å². The molecule has 1 N–H and O–H groups in total. The van der Waals surface area contributed by atoms with E-state index in [-0.39, 0.29) is 0 Å². The highest BCUT2D eigenvalue weighted by Crippen LogP contribution is 2.16. The van der Waals surface area contributed by atoms with E-state index < -0.39 is 0 Å². The summed E-state index contributed by atoms with van der Waals surface area (Å²) in [5, 5.41) is 3.50. The van der Waals surface area contributed by atoms with Crippen LogP contribution in [0.5, 0.6) is 0 Å². The molecule has 0 fully saturated rings. The average molecular weight is 325 g/mol. The first-order valence-electron chi connectivity index (χ1n) is 6.02. The maximum Gasteiger partial charge on any atom is 0.0542 e. The van der Waals surface area contributed by atoms with Gasteiger partial charge in [0.25, 0.3) is 0 Å². The van der Waals surface area contributed by atoms with Crippen LogP contribution in [0.3, 0.4) is 0 Å². The van der Waals surface area contributed by atoms with Gasteiger partial charge in [-0.25, -0.2) is 0 Å². The number of hydrogen-bond donors (Lipinski definition) is 1. The fourth-order valence-corrected chi connectivity index (χ4v) is 3.01. The lowest BCUT2D eigenvalue weighted by Gasteiger charge is -2.12. The average Bonchev–Trinajstić information content (AvgIpc) is 2.74. The number of aromatic nitrogens is 1. The molecule has 0 amide bonds. The van der Waals surface area contributed by atoms with Gasteiger partial charge >= 0.3 is 0 Å². The quantitative estimate of drug-likeness (QED) is 0.901. The van der Waals surface area contributed by atoms with Crippen LogP contribution in [-0.2, 0) is 13.0 Å². The Labute approximate surface area is 121 Å². The predicted octanol–water partition coefficient (Wildman–Crippen LogP) is 3.93. The van der Waals surface area contributed by atoms with Gasteiger partial charge in [0, 0.05) is 33.0 Å². The van der Waals surface area contributed by atoms with E-state index in [1.54, 1.807) is 0 Å². The number of aryl methyl sites for hydroxylation is 1. The SMILES string of the molecule is Cc1ccc(CC(C)NCc2ccc(Br)cn2)s1. The largest absolute Gasteiger partial charge is 0.308 e. The molecule has 18 heavy (non-hydrogen) atoms. The summed E-state index contributed by atoms with van der Waals surface area (Å²) in [6, 6.07) is 8.93. The molecule has 2 aromatic rings. The van der Waals surface area contributed by atoms with E-state index in [0.29, 0.717) is 6.04 Å². The van der Waals surface area contributed by atoms with Gasteiger partial charge in [-0.15, -0.1) is 11.3 Å². The molecule has 0 saturated heterocycles. The van der Waals surface area contributed by atoms with Gasteiger partial charge in [-0.3, -0.25) is 4.98 Å². The van der Waals surface area contributed by atoms with Crippen LogP contribution in [0.2, 0.25) is 0 Å². The molecule has 1 atom stereocenters. The molecule has 0 bridgehead atoms. The lowest BCUT2D eigenvalue weighted by atomic mass is 10.2. The summed E-state index contributed by atoms with van der Waals surface area (Å²) in [5.41, 5.74) is 1.08. The standard InChI is InChI=1S/C14H17BrN2S/c1-10(7-14-6-3-11(2)18-14)16-9-13-5-4-12(15)8-17-13/h3-6,8,10,16H,7,9H2,1-2H3. The molecule has 4 heteroatoms. The van der Waals surface area contributed by atoms with E-state index in [9.17, 15) is 0 Å². The van der Waals surface area contributed by atoms with Gasteiger partial charge in [-0.2, -0.15) is 0 Å². The number of nitrogens with zero attached hydrogens (tertiary/aromatic N) is 1. The number of rotatable bonds is 5. The Morgan fingerprint density at radius 1 is 1.33 bits per heavy atom. The molecular weight excluding hydrogens is 308 g/mol. The predicted molar refractivity (Wildman–Crippen MR) is 81.0 cm³/mol. The Morgan fingerprint density at radius 3 is 2.78 bits per heavy atom. The fraction of sp³-hybridized carbons (Fsp3) is 0.357. The number of pyridine rings is 1. The van der Waals surface area contributed by atoms with Gasteiger partial charge in [0.2, 0.25) is 0 Å². The Kier molecular flexibility index (Phi) is 4.92. The van der Waals surface area contributed by atoms with E-state index in [4.69, 9.17) is 0 Å². The van der Waals surface area contributed by atoms with Gasteiger partial charge in [-0.05, 0) is 60.5 Å². The summed E-state index contributed by atoms with van der Waals surface area (Å²) in [6.45, 7) is 5.19. The molecule has 0 aromatic carbocycles. The number of thiophene rings is 1. The van der Waals surface area contributed by atoms with Gasteiger partial charge in [0.05, 0.1) is 5.69 Å². The highest BCUT2D eigenvalue weighted by atomic mass is 79.9. The summed E-state index contributed by atoms with van der Waals surface area (Å²) in [5.74, 6) is 0. The molecule has 0 saturated carbocycles. The smallest absolute Gasteiger partial charge is 0.0542 e. The highest BCUT2D eigenvalue weighted by molar-refractivity contribution is 9.10. The topological polar surface area (TPSA) is 24.9 Å². The van der Waals surface area contributed by atoms with E-state index in [1.165, 1.54) is 9.75 Å². The number of hydrogen-bond acceptors (Lipinski definition) is 3. The summed E-state index contributed by atoms with van der Waals surface area (Å²) in [4.78, 5) is 7.18. The zero-order valence-corrected chi connectivity index (χ0v) is 13.0. The lowest BCUT2D eigenvalue weighted by Crippen LogP contribution is -2.27. The van der Waals surface area contributed by atoms with E-state index in [2.05, 4.69) is 52.2 Å². The van der Waals surface area contributed by atoms with Crippen molar-refractivity contribution in [3.63, 3.8) is 0 Å². The minimum atomic E-state index is 0.466. The van der Waals surface area contributed by atoms with Crippen molar-refractivity contribution in [2.45, 2.75) is 32.9 Å². The van der Waals surface area contributed by atoms with Crippen molar-refractivity contribution in [2.75, 3.05) is 0 Å². The molecule has 0 aliphatic carbocycles. The molecular formula is C14H17BrN2S. The van der Waals surface area contributed by atoms with Gasteiger partial charge in [0.1, 0.15) is 0 Å². The lowest BCUT2D eigenvalue weighted by molar-refractivity contribution is 0.543. The second-order valence-corrected chi connectivity index (χ2v) is 6.75. The minimum Gasteiger partial charge on any atom is -0.308 e. The Hall–Kier alpha value is -0.710. The van der Waals surface area contributed by atoms with Crippen LogP contribution in [0, 0.1) is 6.92 Å². The number of halogens is 1. The van der Waals surface area contributed by atoms with Crippen molar-refractivity contribution >= 4 is 27.3 Å². The van der Waals surface area contributed by atoms with Crippen LogP contribution in [0.1, 0.15) is 22.4 Å². The minimum absolute atomic E-state index is 0.466. The third-order valence-corrected chi connectivity index (χ3v) is 4.22. The fourth-order valence-electron chi connectivity index (χ4n) is 1.76. The molecule has 2 rings (SSSR count). The maximum absolute atomic E-state index is 4.35. The second kappa shape index (κ2) is 6.45. The Balaban J connectivity index is 1.81. The molecule has 0 spiro atoms. The van der Waals surface area contributed by atoms with Gasteiger partial charge in [0.15, 0.2) is 0 Å². The van der Waals surface area contributed by atoms with Gasteiger partial charge in [-0.1, -0.05) is 0 Å². The summed E-state index contributed by atoms with van der Waals surface area (Å²) in [6.07, 6.45) is 2.92. The summed E-state index contributed by atoms with van der Waals surface area (Å²) in [7, 11) is 0. The van der Waals surface area contributed by atoms with Gasteiger partial charge < -0.3 is 5.32 Å². The van der Waals surface area contributed by atoms with Crippen LogP contribution in [-0.4, -0.2) is 11.0 Å². The normalized spacial score (nSPS) is 12.6. The Morgan fingerprint density at radius 2 is 2.17 bits per heavy atom. The Bertz CT molecular complexity index is 493. The third-order valence-electron chi connectivity index (χ3n) is 2.72. The van der Waals surface area contributed by atoms with Crippen molar-refractivity contribution in [1.29, 1.82) is 0 Å². The molecule has 2 nitrogen and oxygen atoms in total. The van der Waals surface area contributed by atoms with Crippen LogP contribution < -0.4 is 5.32 Å². The molecule has 2 heterocycles. The van der Waals surface area contributed by atoms with Crippen molar-refractivity contribution in [3.8, 4) is 0 Å².